The molecular weight excluding hydrogens is 160 g/mol. The second-order valence-corrected chi connectivity index (χ2v) is 2.85. The van der Waals surface area contributed by atoms with Crippen molar-refractivity contribution >= 4 is 5.97 Å². The predicted octanol–water partition coefficient (Wildman–Crippen LogP) is 0.195. The average molecular weight is 174 g/mol. The lowest BCUT2D eigenvalue weighted by molar-refractivity contribution is -0.205. The summed E-state index contributed by atoms with van der Waals surface area (Å²) in [6, 6.07) is 0. The quantitative estimate of drug-likeness (QED) is 0.363. The van der Waals surface area contributed by atoms with Gasteiger partial charge < -0.3 is 14.9 Å². The summed E-state index contributed by atoms with van der Waals surface area (Å²) in [5.74, 6) is -2.33. The number of carbonyl (C=O) groups excluding carboxylic acids is 1. The summed E-state index contributed by atoms with van der Waals surface area (Å²) in [5.41, 5.74) is 0. The van der Waals surface area contributed by atoms with E-state index in [1.54, 1.807) is 0 Å². The van der Waals surface area contributed by atoms with E-state index in [1.165, 1.54) is 13.8 Å². The van der Waals surface area contributed by atoms with Gasteiger partial charge in [-0.1, -0.05) is 6.58 Å². The molecule has 0 aromatic heterocycles. The van der Waals surface area contributed by atoms with E-state index in [4.69, 9.17) is 5.11 Å². The van der Waals surface area contributed by atoms with Crippen molar-refractivity contribution < 1.29 is 19.7 Å². The lowest BCUT2D eigenvalue weighted by atomic mass is 10.1. The monoisotopic (exact) mass is 174 g/mol. The van der Waals surface area contributed by atoms with E-state index in [2.05, 4.69) is 11.3 Å². The van der Waals surface area contributed by atoms with Gasteiger partial charge in [-0.15, -0.1) is 0 Å². The summed E-state index contributed by atoms with van der Waals surface area (Å²) in [7, 11) is 0. The largest absolute Gasteiger partial charge is 0.430 e. The van der Waals surface area contributed by atoms with E-state index < -0.39 is 17.9 Å². The molecule has 0 heterocycles. The van der Waals surface area contributed by atoms with Crippen LogP contribution in [0.2, 0.25) is 0 Å². The fourth-order valence-electron chi connectivity index (χ4n) is 0.848. The van der Waals surface area contributed by atoms with Gasteiger partial charge in [0.25, 0.3) is 0 Å². The number of hydrogen-bond acceptors (Lipinski definition) is 4. The highest BCUT2D eigenvalue weighted by atomic mass is 16.7. The van der Waals surface area contributed by atoms with Crippen LogP contribution < -0.4 is 0 Å². The normalized spacial score (nSPS) is 17.7. The lowest BCUT2D eigenvalue weighted by Gasteiger charge is -2.23. The third-order valence-corrected chi connectivity index (χ3v) is 1.16. The topological polar surface area (TPSA) is 66.8 Å². The van der Waals surface area contributed by atoms with Crippen LogP contribution in [0.5, 0.6) is 0 Å². The predicted molar refractivity (Wildman–Crippen MR) is 43.2 cm³/mol. The molecule has 0 radical (unpaired) electrons. The van der Waals surface area contributed by atoms with Crippen LogP contribution in [0.3, 0.4) is 0 Å². The zero-order chi connectivity index (χ0) is 9.78. The van der Waals surface area contributed by atoms with E-state index in [1.807, 2.05) is 0 Å². The Morgan fingerprint density at radius 3 is 2.67 bits per heavy atom. The number of hydrogen-bond donors (Lipinski definition) is 2. The number of carbonyl (C=O) groups is 1. The van der Waals surface area contributed by atoms with Crippen LogP contribution in [0.25, 0.3) is 0 Å². The van der Waals surface area contributed by atoms with Crippen molar-refractivity contribution in [2.24, 2.45) is 0 Å². The fraction of sp³-hybridized carbons (Fsp3) is 0.625. The van der Waals surface area contributed by atoms with Gasteiger partial charge in [0.1, 0.15) is 0 Å². The van der Waals surface area contributed by atoms with Crippen LogP contribution in [0.4, 0.5) is 0 Å². The summed E-state index contributed by atoms with van der Waals surface area (Å²) in [5, 5.41) is 18.2. The third-order valence-electron chi connectivity index (χ3n) is 1.16. The number of aliphatic hydroxyl groups excluding tert-OH is 1. The Morgan fingerprint density at radius 2 is 2.33 bits per heavy atom. The molecule has 4 nitrogen and oxygen atoms in total. The van der Waals surface area contributed by atoms with Crippen molar-refractivity contribution in [3.05, 3.63) is 12.7 Å². The molecule has 4 heteroatoms. The molecule has 2 unspecified atom stereocenters. The first-order valence-electron chi connectivity index (χ1n) is 3.63. The van der Waals surface area contributed by atoms with Crippen LogP contribution in [-0.2, 0) is 9.53 Å². The van der Waals surface area contributed by atoms with Crippen LogP contribution >= 0.6 is 0 Å². The standard InChI is InChI=1S/C8H14O4/c1-4-7(10)12-8(3,11)5-6(2)9/h4,6,9,11H,1,5H2,2-3H3. The molecule has 0 aliphatic rings. The zero-order valence-electron chi connectivity index (χ0n) is 7.28. The molecule has 0 spiro atoms. The molecule has 0 aliphatic heterocycles. The highest BCUT2D eigenvalue weighted by Gasteiger charge is 2.26. The molecule has 2 atom stereocenters. The summed E-state index contributed by atoms with van der Waals surface area (Å²) < 4.78 is 4.54. The summed E-state index contributed by atoms with van der Waals surface area (Å²) in [4.78, 5) is 10.6. The maximum absolute atomic E-state index is 10.6. The first-order valence-corrected chi connectivity index (χ1v) is 3.63. The van der Waals surface area contributed by atoms with Crippen molar-refractivity contribution in [2.75, 3.05) is 0 Å². The molecule has 0 aromatic rings. The summed E-state index contributed by atoms with van der Waals surface area (Å²) in [6.07, 6.45) is 0.209. The first kappa shape index (κ1) is 11.1. The zero-order valence-corrected chi connectivity index (χ0v) is 7.28. The van der Waals surface area contributed by atoms with Crippen molar-refractivity contribution in [3.8, 4) is 0 Å². The molecule has 0 bridgehead atoms. The summed E-state index contributed by atoms with van der Waals surface area (Å²) >= 11 is 0. The molecule has 0 aromatic carbocycles. The number of esters is 1. The average Bonchev–Trinajstić information content (AvgIpc) is 1.83. The second kappa shape index (κ2) is 4.23. The molecule has 2 N–H and O–H groups in total. The summed E-state index contributed by atoms with van der Waals surface area (Å²) in [6.45, 7) is 5.98. The van der Waals surface area contributed by atoms with E-state index in [0.717, 1.165) is 6.08 Å². The molecule has 0 amide bonds. The Morgan fingerprint density at radius 1 is 1.83 bits per heavy atom. The molecule has 70 valence electrons. The minimum Gasteiger partial charge on any atom is -0.430 e. The van der Waals surface area contributed by atoms with Gasteiger partial charge in [-0.3, -0.25) is 0 Å². The molecule has 0 saturated heterocycles. The minimum atomic E-state index is -1.63. The van der Waals surface area contributed by atoms with Crippen LogP contribution in [0.15, 0.2) is 12.7 Å². The van der Waals surface area contributed by atoms with Crippen LogP contribution in [-0.4, -0.2) is 28.1 Å². The van der Waals surface area contributed by atoms with Gasteiger partial charge in [0.05, 0.1) is 6.10 Å². The Balaban J connectivity index is 4.02. The van der Waals surface area contributed by atoms with Crippen LogP contribution in [0, 0.1) is 0 Å². The Bertz CT molecular complexity index is 172. The van der Waals surface area contributed by atoms with Crippen molar-refractivity contribution in [1.82, 2.24) is 0 Å². The van der Waals surface area contributed by atoms with E-state index in [0.29, 0.717) is 0 Å². The van der Waals surface area contributed by atoms with Gasteiger partial charge in [-0.2, -0.15) is 0 Å². The SMILES string of the molecule is C=CC(=O)OC(C)(O)CC(C)O. The van der Waals surface area contributed by atoms with Crippen LogP contribution in [0.1, 0.15) is 20.3 Å². The Labute approximate surface area is 71.5 Å². The minimum absolute atomic E-state index is 0.0212. The van der Waals surface area contributed by atoms with Gasteiger partial charge in [-0.25, -0.2) is 4.79 Å². The highest BCUT2D eigenvalue weighted by molar-refractivity contribution is 5.81. The number of rotatable bonds is 4. The first-order chi connectivity index (χ1) is 5.37. The van der Waals surface area contributed by atoms with Gasteiger partial charge in [-0.05, 0) is 6.92 Å². The van der Waals surface area contributed by atoms with Crippen molar-refractivity contribution in [3.63, 3.8) is 0 Å². The smallest absolute Gasteiger partial charge is 0.332 e. The molecule has 0 rings (SSSR count). The fourth-order valence-corrected chi connectivity index (χ4v) is 0.848. The molecule has 0 aliphatic carbocycles. The highest BCUT2D eigenvalue weighted by Crippen LogP contribution is 2.13. The molecule has 0 fully saturated rings. The molecule has 12 heavy (non-hydrogen) atoms. The maximum atomic E-state index is 10.6. The van der Waals surface area contributed by atoms with Crippen molar-refractivity contribution in [2.45, 2.75) is 32.2 Å². The second-order valence-electron chi connectivity index (χ2n) is 2.85. The lowest BCUT2D eigenvalue weighted by Crippen LogP contribution is -2.34. The molecular formula is C8H14O4. The number of ether oxygens (including phenoxy) is 1. The van der Waals surface area contributed by atoms with Gasteiger partial charge in [0, 0.05) is 19.4 Å². The number of aliphatic hydroxyl groups is 2. The van der Waals surface area contributed by atoms with E-state index in [-0.39, 0.29) is 6.42 Å². The van der Waals surface area contributed by atoms with E-state index >= 15 is 0 Å². The van der Waals surface area contributed by atoms with Gasteiger partial charge in [0.15, 0.2) is 0 Å². The third kappa shape index (κ3) is 4.87. The Hall–Kier alpha value is -0.870. The van der Waals surface area contributed by atoms with Gasteiger partial charge >= 0.3 is 5.97 Å². The Kier molecular flexibility index (Phi) is 3.92. The van der Waals surface area contributed by atoms with Gasteiger partial charge in [0.2, 0.25) is 5.79 Å². The molecule has 0 saturated carbocycles. The van der Waals surface area contributed by atoms with Crippen molar-refractivity contribution in [1.29, 1.82) is 0 Å². The van der Waals surface area contributed by atoms with E-state index in [9.17, 15) is 9.90 Å². The maximum Gasteiger partial charge on any atom is 0.332 e.